The number of ether oxygens (including phenoxy) is 2. The van der Waals surface area contributed by atoms with E-state index in [1.807, 2.05) is 0 Å². The molecule has 1 rings (SSSR count). The van der Waals surface area contributed by atoms with Crippen molar-refractivity contribution >= 4 is 5.97 Å². The molecule has 1 atom stereocenters. The van der Waals surface area contributed by atoms with Crippen LogP contribution in [0, 0.1) is 0 Å². The molecule has 1 aliphatic heterocycles. The number of cyclic esters (lactones) is 1. The standard InChI is InChI=1S/C11H20O3/c1-2-3-4-5-6-9-13-11-8-7-10(12)14-11/h11H,2-9H2,1H3. The minimum absolute atomic E-state index is 0.124. The molecule has 0 aromatic carbocycles. The van der Waals surface area contributed by atoms with E-state index in [4.69, 9.17) is 9.47 Å². The van der Waals surface area contributed by atoms with Gasteiger partial charge in [0, 0.05) is 6.42 Å². The molecule has 0 radical (unpaired) electrons. The molecular weight excluding hydrogens is 180 g/mol. The van der Waals surface area contributed by atoms with Crippen molar-refractivity contribution in [2.45, 2.75) is 58.2 Å². The average Bonchev–Trinajstić information content (AvgIpc) is 2.58. The molecule has 0 aromatic rings. The third-order valence-electron chi connectivity index (χ3n) is 2.40. The Hall–Kier alpha value is -0.570. The monoisotopic (exact) mass is 200 g/mol. The first-order chi connectivity index (χ1) is 6.83. The van der Waals surface area contributed by atoms with E-state index >= 15 is 0 Å². The van der Waals surface area contributed by atoms with Crippen LogP contribution < -0.4 is 0 Å². The Balaban J connectivity index is 1.86. The van der Waals surface area contributed by atoms with Crippen molar-refractivity contribution in [1.29, 1.82) is 0 Å². The van der Waals surface area contributed by atoms with Gasteiger partial charge in [-0.2, -0.15) is 0 Å². The van der Waals surface area contributed by atoms with Crippen LogP contribution in [0.5, 0.6) is 0 Å². The lowest BCUT2D eigenvalue weighted by molar-refractivity contribution is -0.162. The maximum atomic E-state index is 10.7. The molecule has 0 aliphatic carbocycles. The summed E-state index contributed by atoms with van der Waals surface area (Å²) in [6.45, 7) is 2.93. The van der Waals surface area contributed by atoms with Gasteiger partial charge in [0.1, 0.15) is 0 Å². The number of hydrogen-bond donors (Lipinski definition) is 0. The summed E-state index contributed by atoms with van der Waals surface area (Å²) >= 11 is 0. The molecule has 1 aliphatic rings. The van der Waals surface area contributed by atoms with Crippen LogP contribution in [0.3, 0.4) is 0 Å². The zero-order chi connectivity index (χ0) is 10.2. The second kappa shape index (κ2) is 6.82. The predicted octanol–water partition coefficient (Wildman–Crippen LogP) is 2.64. The quantitative estimate of drug-likeness (QED) is 0.468. The molecule has 1 heterocycles. The highest BCUT2D eigenvalue weighted by atomic mass is 16.7. The molecule has 0 bridgehead atoms. The maximum absolute atomic E-state index is 10.7. The first kappa shape index (κ1) is 11.5. The third-order valence-corrected chi connectivity index (χ3v) is 2.40. The molecule has 1 unspecified atom stereocenters. The fraction of sp³-hybridized carbons (Fsp3) is 0.909. The van der Waals surface area contributed by atoms with Crippen LogP contribution in [0.15, 0.2) is 0 Å². The molecule has 14 heavy (non-hydrogen) atoms. The molecule has 3 heteroatoms. The van der Waals surface area contributed by atoms with Gasteiger partial charge < -0.3 is 9.47 Å². The summed E-state index contributed by atoms with van der Waals surface area (Å²) in [7, 11) is 0. The average molecular weight is 200 g/mol. The fourth-order valence-electron chi connectivity index (χ4n) is 1.54. The van der Waals surface area contributed by atoms with Crippen molar-refractivity contribution in [3.63, 3.8) is 0 Å². The van der Waals surface area contributed by atoms with Crippen LogP contribution in [0.25, 0.3) is 0 Å². The summed E-state index contributed by atoms with van der Waals surface area (Å²) in [5, 5.41) is 0. The van der Waals surface area contributed by atoms with Crippen LogP contribution >= 0.6 is 0 Å². The minimum atomic E-state index is -0.256. The molecule has 3 nitrogen and oxygen atoms in total. The van der Waals surface area contributed by atoms with Crippen molar-refractivity contribution in [3.8, 4) is 0 Å². The number of rotatable bonds is 7. The van der Waals surface area contributed by atoms with E-state index in [9.17, 15) is 4.79 Å². The Morgan fingerprint density at radius 2 is 2.14 bits per heavy atom. The lowest BCUT2D eigenvalue weighted by Gasteiger charge is -2.09. The molecular formula is C11H20O3. The lowest BCUT2D eigenvalue weighted by atomic mass is 10.2. The van der Waals surface area contributed by atoms with Crippen molar-refractivity contribution in [2.24, 2.45) is 0 Å². The van der Waals surface area contributed by atoms with Gasteiger partial charge in [-0.1, -0.05) is 32.6 Å². The topological polar surface area (TPSA) is 35.5 Å². The maximum Gasteiger partial charge on any atom is 0.308 e. The summed E-state index contributed by atoms with van der Waals surface area (Å²) in [5.41, 5.74) is 0. The minimum Gasteiger partial charge on any atom is -0.436 e. The zero-order valence-corrected chi connectivity index (χ0v) is 8.96. The van der Waals surface area contributed by atoms with E-state index in [0.29, 0.717) is 6.42 Å². The van der Waals surface area contributed by atoms with Crippen molar-refractivity contribution in [3.05, 3.63) is 0 Å². The Kier molecular flexibility index (Phi) is 5.60. The van der Waals surface area contributed by atoms with E-state index in [1.165, 1.54) is 25.7 Å². The Morgan fingerprint density at radius 1 is 1.36 bits per heavy atom. The van der Waals surface area contributed by atoms with Crippen molar-refractivity contribution in [1.82, 2.24) is 0 Å². The van der Waals surface area contributed by atoms with Gasteiger partial charge in [0.2, 0.25) is 6.29 Å². The molecule has 0 saturated carbocycles. The second-order valence-electron chi connectivity index (χ2n) is 3.74. The molecule has 0 amide bonds. The SMILES string of the molecule is CCCCCCCOC1CCC(=O)O1. The van der Waals surface area contributed by atoms with Crippen LogP contribution in [0.2, 0.25) is 0 Å². The van der Waals surface area contributed by atoms with Crippen LogP contribution in [-0.4, -0.2) is 18.9 Å². The van der Waals surface area contributed by atoms with Gasteiger partial charge in [-0.05, 0) is 6.42 Å². The molecule has 0 spiro atoms. The van der Waals surface area contributed by atoms with E-state index < -0.39 is 0 Å². The fourth-order valence-corrected chi connectivity index (χ4v) is 1.54. The number of esters is 1. The van der Waals surface area contributed by atoms with E-state index in [-0.39, 0.29) is 12.3 Å². The highest BCUT2D eigenvalue weighted by molar-refractivity contribution is 5.71. The molecule has 82 valence electrons. The summed E-state index contributed by atoms with van der Waals surface area (Å²) < 4.78 is 10.3. The van der Waals surface area contributed by atoms with Crippen molar-refractivity contribution < 1.29 is 14.3 Å². The predicted molar refractivity (Wildman–Crippen MR) is 53.8 cm³/mol. The van der Waals surface area contributed by atoms with Crippen molar-refractivity contribution in [2.75, 3.05) is 6.61 Å². The van der Waals surface area contributed by atoms with Gasteiger partial charge in [0.05, 0.1) is 13.0 Å². The van der Waals surface area contributed by atoms with E-state index in [0.717, 1.165) is 19.4 Å². The molecule has 0 aromatic heterocycles. The highest BCUT2D eigenvalue weighted by Gasteiger charge is 2.23. The first-order valence-electron chi connectivity index (χ1n) is 5.64. The number of carbonyl (C=O) groups is 1. The van der Waals surface area contributed by atoms with E-state index in [2.05, 4.69) is 6.92 Å². The van der Waals surface area contributed by atoms with Crippen LogP contribution in [0.4, 0.5) is 0 Å². The lowest BCUT2D eigenvalue weighted by Crippen LogP contribution is -2.12. The number of carbonyl (C=O) groups excluding carboxylic acids is 1. The molecule has 0 N–H and O–H groups in total. The summed E-state index contributed by atoms with van der Waals surface area (Å²) in [4.78, 5) is 10.7. The zero-order valence-electron chi connectivity index (χ0n) is 8.96. The largest absolute Gasteiger partial charge is 0.436 e. The highest BCUT2D eigenvalue weighted by Crippen LogP contribution is 2.15. The summed E-state index contributed by atoms with van der Waals surface area (Å²) in [6.07, 6.45) is 7.13. The normalized spacial score (nSPS) is 21.2. The Morgan fingerprint density at radius 3 is 2.79 bits per heavy atom. The van der Waals surface area contributed by atoms with Gasteiger partial charge in [-0.3, -0.25) is 4.79 Å². The van der Waals surface area contributed by atoms with Gasteiger partial charge >= 0.3 is 5.97 Å². The Labute approximate surface area is 85.8 Å². The number of unbranched alkanes of at least 4 members (excludes halogenated alkanes) is 4. The van der Waals surface area contributed by atoms with Gasteiger partial charge in [-0.15, -0.1) is 0 Å². The van der Waals surface area contributed by atoms with Gasteiger partial charge in [0.15, 0.2) is 0 Å². The van der Waals surface area contributed by atoms with Crippen LogP contribution in [-0.2, 0) is 14.3 Å². The third kappa shape index (κ3) is 4.61. The summed E-state index contributed by atoms with van der Waals surface area (Å²) in [5.74, 6) is -0.124. The smallest absolute Gasteiger partial charge is 0.308 e. The van der Waals surface area contributed by atoms with Gasteiger partial charge in [0.25, 0.3) is 0 Å². The second-order valence-corrected chi connectivity index (χ2v) is 3.74. The number of hydrogen-bond acceptors (Lipinski definition) is 3. The van der Waals surface area contributed by atoms with Gasteiger partial charge in [-0.25, -0.2) is 0 Å². The van der Waals surface area contributed by atoms with E-state index in [1.54, 1.807) is 0 Å². The molecule has 1 saturated heterocycles. The van der Waals surface area contributed by atoms with Crippen LogP contribution in [0.1, 0.15) is 51.9 Å². The Bertz CT molecular complexity index is 168. The molecule has 1 fully saturated rings. The summed E-state index contributed by atoms with van der Waals surface area (Å²) in [6, 6.07) is 0. The first-order valence-corrected chi connectivity index (χ1v) is 5.64.